The van der Waals surface area contributed by atoms with Crippen LogP contribution >= 0.6 is 11.9 Å². The van der Waals surface area contributed by atoms with E-state index in [-0.39, 0.29) is 16.5 Å². The minimum atomic E-state index is -0.0512. The topological polar surface area (TPSA) is 26.0 Å². The predicted molar refractivity (Wildman–Crippen MR) is 77.3 cm³/mol. The lowest BCUT2D eigenvalue weighted by Gasteiger charge is -2.25. The molecule has 2 rings (SSSR count). The Morgan fingerprint density at radius 2 is 2.11 bits per heavy atom. The predicted octanol–water partition coefficient (Wildman–Crippen LogP) is 4.58. The smallest absolute Gasteiger partial charge is 0.126 e. The van der Waals surface area contributed by atoms with E-state index in [1.165, 1.54) is 24.8 Å². The lowest BCUT2D eigenvalue weighted by Crippen LogP contribution is -2.20. The summed E-state index contributed by atoms with van der Waals surface area (Å²) >= 11 is 1.35. The second-order valence-electron chi connectivity index (χ2n) is 6.04. The molecule has 0 aliphatic heterocycles. The Morgan fingerprint density at radius 3 is 2.61 bits per heavy atom. The molecule has 0 amide bonds. The average molecular weight is 267 g/mol. The molecule has 2 N–H and O–H groups in total. The van der Waals surface area contributed by atoms with Gasteiger partial charge >= 0.3 is 0 Å². The van der Waals surface area contributed by atoms with E-state index in [9.17, 15) is 4.39 Å². The van der Waals surface area contributed by atoms with Gasteiger partial charge in [-0.15, -0.1) is 0 Å². The van der Waals surface area contributed by atoms with Crippen LogP contribution in [0.2, 0.25) is 0 Å². The third-order valence-electron chi connectivity index (χ3n) is 3.72. The molecular formula is C15H22FNS. The van der Waals surface area contributed by atoms with Gasteiger partial charge in [0.25, 0.3) is 0 Å². The molecule has 18 heavy (non-hydrogen) atoms. The largest absolute Gasteiger partial charge is 0.277 e. The molecule has 1 aliphatic rings. The van der Waals surface area contributed by atoms with Gasteiger partial charge in [-0.3, -0.25) is 5.14 Å². The standard InChI is InChI=1S/C15H22FNS/c1-10(9-15(2,3)18-17)13-7-6-12(8-14(13)16)11-4-5-11/h6-8,10-11H,4-5,9,17H2,1-3H3/t10-/m0/s1. The minimum absolute atomic E-state index is 0.0129. The minimum Gasteiger partial charge on any atom is -0.277 e. The van der Waals surface area contributed by atoms with Crippen molar-refractivity contribution in [2.24, 2.45) is 5.14 Å². The van der Waals surface area contributed by atoms with E-state index in [4.69, 9.17) is 5.14 Å². The van der Waals surface area contributed by atoms with E-state index >= 15 is 0 Å². The fraction of sp³-hybridized carbons (Fsp3) is 0.600. The molecule has 0 unspecified atom stereocenters. The summed E-state index contributed by atoms with van der Waals surface area (Å²) in [6.07, 6.45) is 3.31. The summed E-state index contributed by atoms with van der Waals surface area (Å²) in [6, 6.07) is 5.78. The van der Waals surface area contributed by atoms with Crippen LogP contribution in [0.1, 0.15) is 63.0 Å². The van der Waals surface area contributed by atoms with E-state index < -0.39 is 0 Å². The van der Waals surface area contributed by atoms with Gasteiger partial charge in [-0.25, -0.2) is 4.39 Å². The van der Waals surface area contributed by atoms with Gasteiger partial charge < -0.3 is 0 Å². The molecule has 1 aliphatic carbocycles. The lowest BCUT2D eigenvalue weighted by molar-refractivity contribution is 0.529. The lowest BCUT2D eigenvalue weighted by atomic mass is 9.90. The van der Waals surface area contributed by atoms with Gasteiger partial charge in [0.1, 0.15) is 5.82 Å². The van der Waals surface area contributed by atoms with Crippen molar-refractivity contribution in [1.82, 2.24) is 0 Å². The third kappa shape index (κ3) is 3.27. The fourth-order valence-corrected chi connectivity index (χ4v) is 2.86. The van der Waals surface area contributed by atoms with Gasteiger partial charge in [0.05, 0.1) is 0 Å². The molecule has 1 nitrogen and oxygen atoms in total. The van der Waals surface area contributed by atoms with Gasteiger partial charge in [-0.05, 0) is 62.1 Å². The zero-order valence-electron chi connectivity index (χ0n) is 11.4. The van der Waals surface area contributed by atoms with Crippen LogP contribution in [-0.4, -0.2) is 4.75 Å². The van der Waals surface area contributed by atoms with E-state index in [0.29, 0.717) is 5.92 Å². The van der Waals surface area contributed by atoms with Crippen LogP contribution in [0, 0.1) is 5.82 Å². The summed E-state index contributed by atoms with van der Waals surface area (Å²) in [5.41, 5.74) is 1.98. The molecule has 1 aromatic rings. The molecule has 3 heteroatoms. The highest BCUT2D eigenvalue weighted by atomic mass is 32.2. The first-order chi connectivity index (χ1) is 8.43. The molecule has 1 aromatic carbocycles. The Kier molecular flexibility index (Phi) is 4.02. The summed E-state index contributed by atoms with van der Waals surface area (Å²) in [6.45, 7) is 6.28. The van der Waals surface area contributed by atoms with Gasteiger partial charge in [-0.1, -0.05) is 31.0 Å². The molecule has 0 saturated heterocycles. The zero-order valence-corrected chi connectivity index (χ0v) is 12.2. The summed E-state index contributed by atoms with van der Waals surface area (Å²) in [5.74, 6) is 0.758. The first-order valence-corrected chi connectivity index (χ1v) is 7.48. The highest BCUT2D eigenvalue weighted by Crippen LogP contribution is 2.41. The molecular weight excluding hydrogens is 245 g/mol. The molecule has 0 heterocycles. The van der Waals surface area contributed by atoms with Crippen LogP contribution < -0.4 is 5.14 Å². The fourth-order valence-electron chi connectivity index (χ4n) is 2.51. The summed E-state index contributed by atoms with van der Waals surface area (Å²) in [7, 11) is 0. The highest BCUT2D eigenvalue weighted by molar-refractivity contribution is 7.98. The number of rotatable bonds is 5. The maximum Gasteiger partial charge on any atom is 0.126 e. The van der Waals surface area contributed by atoms with E-state index in [2.05, 4.69) is 26.8 Å². The van der Waals surface area contributed by atoms with Gasteiger partial charge in [0.2, 0.25) is 0 Å². The number of nitrogens with two attached hydrogens (primary N) is 1. The molecule has 0 radical (unpaired) electrons. The van der Waals surface area contributed by atoms with Crippen molar-refractivity contribution >= 4 is 11.9 Å². The van der Waals surface area contributed by atoms with Gasteiger partial charge in [0.15, 0.2) is 0 Å². The summed E-state index contributed by atoms with van der Waals surface area (Å²) in [4.78, 5) is 0. The molecule has 1 fully saturated rings. The molecule has 0 aromatic heterocycles. The van der Waals surface area contributed by atoms with Crippen LogP contribution in [0.5, 0.6) is 0 Å². The maximum absolute atomic E-state index is 14.1. The first-order valence-electron chi connectivity index (χ1n) is 6.60. The third-order valence-corrected chi connectivity index (χ3v) is 4.53. The van der Waals surface area contributed by atoms with Crippen LogP contribution in [0.4, 0.5) is 4.39 Å². The Labute approximate surface area is 113 Å². The number of hydrogen-bond acceptors (Lipinski definition) is 2. The monoisotopic (exact) mass is 267 g/mol. The van der Waals surface area contributed by atoms with Crippen molar-refractivity contribution in [3.05, 3.63) is 35.1 Å². The van der Waals surface area contributed by atoms with Crippen molar-refractivity contribution in [2.75, 3.05) is 0 Å². The Hall–Kier alpha value is -0.540. The number of halogens is 1. The second-order valence-corrected chi connectivity index (χ2v) is 7.38. The van der Waals surface area contributed by atoms with Crippen LogP contribution in [0.25, 0.3) is 0 Å². The van der Waals surface area contributed by atoms with Crippen molar-refractivity contribution in [3.8, 4) is 0 Å². The Bertz CT molecular complexity index is 427. The molecule has 0 bridgehead atoms. The first kappa shape index (κ1) is 13.9. The number of hydrogen-bond donors (Lipinski definition) is 1. The van der Waals surface area contributed by atoms with Crippen molar-refractivity contribution < 1.29 is 4.39 Å². The van der Waals surface area contributed by atoms with Crippen LogP contribution in [0.3, 0.4) is 0 Å². The average Bonchev–Trinajstić information content (AvgIpc) is 3.12. The van der Waals surface area contributed by atoms with Crippen LogP contribution in [-0.2, 0) is 0 Å². The van der Waals surface area contributed by atoms with Crippen LogP contribution in [0.15, 0.2) is 18.2 Å². The van der Waals surface area contributed by atoms with Crippen molar-refractivity contribution in [2.45, 2.75) is 56.6 Å². The maximum atomic E-state index is 14.1. The molecule has 0 spiro atoms. The molecule has 100 valence electrons. The van der Waals surface area contributed by atoms with Gasteiger partial charge in [-0.2, -0.15) is 0 Å². The highest BCUT2D eigenvalue weighted by Gasteiger charge is 2.26. The Morgan fingerprint density at radius 1 is 1.44 bits per heavy atom. The van der Waals surface area contributed by atoms with Crippen molar-refractivity contribution in [1.29, 1.82) is 0 Å². The van der Waals surface area contributed by atoms with E-state index in [1.54, 1.807) is 6.07 Å². The van der Waals surface area contributed by atoms with E-state index in [0.717, 1.165) is 17.5 Å². The second kappa shape index (κ2) is 5.22. The number of benzene rings is 1. The molecule has 1 saturated carbocycles. The summed E-state index contributed by atoms with van der Waals surface area (Å²) < 4.78 is 14.1. The summed E-state index contributed by atoms with van der Waals surface area (Å²) in [5, 5.41) is 5.67. The Balaban J connectivity index is 2.12. The quantitative estimate of drug-likeness (QED) is 0.790. The molecule has 1 atom stereocenters. The normalized spacial score (nSPS) is 17.8. The SMILES string of the molecule is C[C@@H](CC(C)(C)SN)c1ccc(C2CC2)cc1F. The zero-order chi connectivity index (χ0) is 13.3. The van der Waals surface area contributed by atoms with E-state index in [1.807, 2.05) is 6.07 Å². The van der Waals surface area contributed by atoms with Gasteiger partial charge in [0, 0.05) is 4.75 Å². The van der Waals surface area contributed by atoms with Crippen molar-refractivity contribution in [3.63, 3.8) is 0 Å².